The van der Waals surface area contributed by atoms with Crippen molar-refractivity contribution in [3.63, 3.8) is 0 Å². The van der Waals surface area contributed by atoms with Crippen LogP contribution in [0.1, 0.15) is 21.5 Å². The summed E-state index contributed by atoms with van der Waals surface area (Å²) in [6, 6.07) is 21.4. The number of ether oxygens (including phenoxy) is 1. The average Bonchev–Trinajstić information content (AvgIpc) is 3.18. The number of rotatable bonds is 6. The van der Waals surface area contributed by atoms with Gasteiger partial charge >= 0.3 is 5.97 Å². The molecule has 31 heavy (non-hydrogen) atoms. The Morgan fingerprint density at radius 2 is 1.74 bits per heavy atom. The number of para-hydroxylation sites is 1. The normalized spacial score (nSPS) is 11.2. The summed E-state index contributed by atoms with van der Waals surface area (Å²) in [7, 11) is 1.32. The van der Waals surface area contributed by atoms with Crippen molar-refractivity contribution in [3.8, 4) is 5.69 Å². The third-order valence-electron chi connectivity index (χ3n) is 5.05. The molecule has 5 heteroatoms. The molecular formula is C26H20FNO3. The highest BCUT2D eigenvalue weighted by molar-refractivity contribution is 6.09. The third kappa shape index (κ3) is 4.46. The number of hydrogen-bond acceptors (Lipinski definition) is 3. The number of carbonyl (C=O) groups excluding carboxylic acids is 2. The van der Waals surface area contributed by atoms with Gasteiger partial charge in [-0.15, -0.1) is 0 Å². The Morgan fingerprint density at radius 1 is 1.00 bits per heavy atom. The summed E-state index contributed by atoms with van der Waals surface area (Å²) in [5.41, 5.74) is 3.90. The van der Waals surface area contributed by atoms with Gasteiger partial charge in [0.25, 0.3) is 0 Å². The van der Waals surface area contributed by atoms with E-state index in [0.29, 0.717) is 5.56 Å². The van der Waals surface area contributed by atoms with Crippen LogP contribution < -0.4 is 0 Å². The van der Waals surface area contributed by atoms with Crippen LogP contribution in [0, 0.1) is 5.82 Å². The molecule has 0 radical (unpaired) electrons. The van der Waals surface area contributed by atoms with Crippen LogP contribution in [0.3, 0.4) is 0 Å². The van der Waals surface area contributed by atoms with Crippen molar-refractivity contribution < 1.29 is 18.7 Å². The predicted octanol–water partition coefficient (Wildman–Crippen LogP) is 5.38. The van der Waals surface area contributed by atoms with Gasteiger partial charge in [-0.2, -0.15) is 0 Å². The molecule has 4 rings (SSSR count). The zero-order valence-electron chi connectivity index (χ0n) is 16.9. The summed E-state index contributed by atoms with van der Waals surface area (Å²) in [4.78, 5) is 24.6. The maximum Gasteiger partial charge on any atom is 0.330 e. The number of hydrogen-bond donors (Lipinski definition) is 0. The minimum atomic E-state index is -0.449. The first-order chi connectivity index (χ1) is 15.0. The fraction of sp³-hybridized carbons (Fsp3) is 0.0769. The van der Waals surface area contributed by atoms with E-state index in [9.17, 15) is 14.0 Å². The van der Waals surface area contributed by atoms with Crippen molar-refractivity contribution in [3.05, 3.63) is 108 Å². The predicted molar refractivity (Wildman–Crippen MR) is 119 cm³/mol. The summed E-state index contributed by atoms with van der Waals surface area (Å²) in [5, 5.41) is 0.781. The molecule has 3 aromatic carbocycles. The van der Waals surface area contributed by atoms with Gasteiger partial charge in [-0.3, -0.25) is 4.79 Å². The summed E-state index contributed by atoms with van der Waals surface area (Å²) in [5.74, 6) is -0.853. The minimum Gasteiger partial charge on any atom is -0.466 e. The van der Waals surface area contributed by atoms with Crippen LogP contribution in [-0.4, -0.2) is 23.4 Å². The lowest BCUT2D eigenvalue weighted by Gasteiger charge is -2.05. The first-order valence-corrected chi connectivity index (χ1v) is 9.79. The number of methoxy groups -OCH3 is 1. The standard InChI is InChI=1S/C26H20FNO3/c1-31-26(30)14-10-18-9-13-24-22(15-18)23(17-28(24)21-5-3-2-4-6-21)25(29)16-19-7-11-20(27)12-8-19/h2-15,17H,16H2,1H3. The molecule has 1 aromatic heterocycles. The number of benzene rings is 3. The molecule has 0 unspecified atom stereocenters. The van der Waals surface area contributed by atoms with Gasteiger partial charge in [0.2, 0.25) is 0 Å². The number of nitrogens with zero attached hydrogens (tertiary/aromatic N) is 1. The van der Waals surface area contributed by atoms with Crippen LogP contribution in [0.2, 0.25) is 0 Å². The maximum atomic E-state index is 13.2. The number of ketones is 1. The Labute approximate surface area is 179 Å². The second-order valence-electron chi connectivity index (χ2n) is 7.11. The molecule has 0 atom stereocenters. The molecular weight excluding hydrogens is 393 g/mol. The number of carbonyl (C=O) groups is 2. The summed E-state index contributed by atoms with van der Waals surface area (Å²) in [6.07, 6.45) is 4.99. The number of halogens is 1. The second-order valence-corrected chi connectivity index (χ2v) is 7.11. The monoisotopic (exact) mass is 413 g/mol. The topological polar surface area (TPSA) is 48.3 Å². The zero-order valence-corrected chi connectivity index (χ0v) is 16.9. The van der Waals surface area contributed by atoms with E-state index in [0.717, 1.165) is 27.7 Å². The molecule has 0 aliphatic heterocycles. The Hall–Kier alpha value is -3.99. The van der Waals surface area contributed by atoms with Crippen LogP contribution >= 0.6 is 0 Å². The van der Waals surface area contributed by atoms with Gasteiger partial charge < -0.3 is 9.30 Å². The van der Waals surface area contributed by atoms with Gasteiger partial charge in [0.1, 0.15) is 5.82 Å². The first-order valence-electron chi connectivity index (χ1n) is 9.79. The SMILES string of the molecule is COC(=O)C=Cc1ccc2c(c1)c(C(=O)Cc1ccc(F)cc1)cn2-c1ccccc1. The Balaban J connectivity index is 1.79. The van der Waals surface area contributed by atoms with Gasteiger partial charge in [-0.1, -0.05) is 36.4 Å². The van der Waals surface area contributed by atoms with Crippen molar-refractivity contribution in [1.82, 2.24) is 4.57 Å². The Bertz CT molecular complexity index is 1270. The lowest BCUT2D eigenvalue weighted by atomic mass is 10.0. The molecule has 0 aliphatic carbocycles. The molecule has 0 saturated heterocycles. The van der Waals surface area contributed by atoms with E-state index in [-0.39, 0.29) is 18.0 Å². The molecule has 0 spiro atoms. The fourth-order valence-electron chi connectivity index (χ4n) is 3.49. The fourth-order valence-corrected chi connectivity index (χ4v) is 3.49. The Kier molecular flexibility index (Phi) is 5.76. The summed E-state index contributed by atoms with van der Waals surface area (Å²) >= 11 is 0. The van der Waals surface area contributed by atoms with Gasteiger partial charge in [-0.05, 0) is 53.6 Å². The molecule has 154 valence electrons. The van der Waals surface area contributed by atoms with Gasteiger partial charge in [0.15, 0.2) is 5.78 Å². The highest BCUT2D eigenvalue weighted by Crippen LogP contribution is 2.28. The molecule has 0 fully saturated rings. The highest BCUT2D eigenvalue weighted by Gasteiger charge is 2.17. The average molecular weight is 413 g/mol. The van der Waals surface area contributed by atoms with Crippen LogP contribution in [0.5, 0.6) is 0 Å². The van der Waals surface area contributed by atoms with E-state index in [2.05, 4.69) is 4.74 Å². The maximum absolute atomic E-state index is 13.2. The number of fused-ring (bicyclic) bond motifs is 1. The molecule has 0 N–H and O–H groups in total. The molecule has 0 amide bonds. The van der Waals surface area contributed by atoms with Crippen LogP contribution in [-0.2, 0) is 16.0 Å². The largest absolute Gasteiger partial charge is 0.466 e. The van der Waals surface area contributed by atoms with Crippen molar-refractivity contribution in [2.75, 3.05) is 7.11 Å². The molecule has 4 nitrogen and oxygen atoms in total. The van der Waals surface area contributed by atoms with E-state index < -0.39 is 5.97 Å². The van der Waals surface area contributed by atoms with Crippen molar-refractivity contribution in [2.45, 2.75) is 6.42 Å². The minimum absolute atomic E-state index is 0.0691. The van der Waals surface area contributed by atoms with Crippen LogP contribution in [0.4, 0.5) is 4.39 Å². The van der Waals surface area contributed by atoms with Crippen molar-refractivity contribution in [1.29, 1.82) is 0 Å². The smallest absolute Gasteiger partial charge is 0.330 e. The number of Topliss-reactive ketones (excluding diaryl/α,β-unsaturated/α-hetero) is 1. The van der Waals surface area contributed by atoms with Gasteiger partial charge in [0.05, 0.1) is 12.6 Å². The zero-order chi connectivity index (χ0) is 21.8. The second kappa shape index (κ2) is 8.79. The highest BCUT2D eigenvalue weighted by atomic mass is 19.1. The number of esters is 1. The van der Waals surface area contributed by atoms with Crippen LogP contribution in [0.15, 0.2) is 85.1 Å². The van der Waals surface area contributed by atoms with E-state index >= 15 is 0 Å². The summed E-state index contributed by atoms with van der Waals surface area (Å²) in [6.45, 7) is 0. The lowest BCUT2D eigenvalue weighted by Crippen LogP contribution is -2.03. The lowest BCUT2D eigenvalue weighted by molar-refractivity contribution is -0.134. The van der Waals surface area contributed by atoms with Gasteiger partial charge in [-0.25, -0.2) is 9.18 Å². The molecule has 1 heterocycles. The quantitative estimate of drug-likeness (QED) is 0.242. The third-order valence-corrected chi connectivity index (χ3v) is 5.05. The molecule has 0 saturated carbocycles. The van der Waals surface area contributed by atoms with E-state index in [1.165, 1.54) is 25.3 Å². The molecule has 0 bridgehead atoms. The van der Waals surface area contributed by atoms with Crippen molar-refractivity contribution >= 4 is 28.7 Å². The molecule has 4 aromatic rings. The van der Waals surface area contributed by atoms with Crippen molar-refractivity contribution in [2.24, 2.45) is 0 Å². The van der Waals surface area contributed by atoms with Gasteiger partial charge in [0, 0.05) is 35.3 Å². The van der Waals surface area contributed by atoms with E-state index in [4.69, 9.17) is 0 Å². The number of aromatic nitrogens is 1. The first kappa shape index (κ1) is 20.3. The Morgan fingerprint density at radius 3 is 2.45 bits per heavy atom. The van der Waals surface area contributed by atoms with E-state index in [1.54, 1.807) is 18.2 Å². The van der Waals surface area contributed by atoms with E-state index in [1.807, 2.05) is 59.3 Å². The molecule has 0 aliphatic rings. The summed E-state index contributed by atoms with van der Waals surface area (Å²) < 4.78 is 19.8. The van der Waals surface area contributed by atoms with Crippen LogP contribution in [0.25, 0.3) is 22.7 Å².